The van der Waals surface area contributed by atoms with Crippen LogP contribution in [0.15, 0.2) is 61.2 Å². The Labute approximate surface area is 387 Å². The van der Waals surface area contributed by atoms with Gasteiger partial charge in [0.1, 0.15) is 23.7 Å². The van der Waals surface area contributed by atoms with Crippen LogP contribution in [-0.2, 0) is 29.6 Å². The van der Waals surface area contributed by atoms with Crippen molar-refractivity contribution in [2.24, 2.45) is 17.9 Å². The van der Waals surface area contributed by atoms with E-state index in [9.17, 15) is 19.6 Å². The molecule has 0 atom stereocenters. The Kier molecular flexibility index (Phi) is 11.7. The van der Waals surface area contributed by atoms with E-state index in [1.165, 1.54) is 6.07 Å². The lowest BCUT2D eigenvalue weighted by molar-refractivity contribution is -0.164. The molecule has 2 aromatic carbocycles. The summed E-state index contributed by atoms with van der Waals surface area (Å²) in [6, 6.07) is 11.8. The summed E-state index contributed by atoms with van der Waals surface area (Å²) in [5.41, 5.74) is 3.54. The Morgan fingerprint density at radius 3 is 2.32 bits per heavy atom. The number of aromatic nitrogens is 6. The molecule has 1 aliphatic carbocycles. The summed E-state index contributed by atoms with van der Waals surface area (Å²) < 4.78 is 25.5. The summed E-state index contributed by atoms with van der Waals surface area (Å²) in [6.45, 7) is 14.5. The number of ether oxygens (including phenoxy) is 1. The summed E-state index contributed by atoms with van der Waals surface area (Å²) >= 11 is 6.25. The van der Waals surface area contributed by atoms with Crippen molar-refractivity contribution < 1.29 is 23.5 Å². The van der Waals surface area contributed by atoms with Gasteiger partial charge in [-0.1, -0.05) is 45.4 Å². The van der Waals surface area contributed by atoms with Gasteiger partial charge in [0.25, 0.3) is 5.91 Å². The van der Waals surface area contributed by atoms with Crippen LogP contribution in [0.1, 0.15) is 67.8 Å². The maximum absolute atomic E-state index is 15.5. The zero-order chi connectivity index (χ0) is 46.7. The molecule has 0 bridgehead atoms. The van der Waals surface area contributed by atoms with Crippen LogP contribution in [0.5, 0.6) is 5.75 Å². The zero-order valence-electron chi connectivity index (χ0n) is 37.9. The van der Waals surface area contributed by atoms with E-state index in [0.29, 0.717) is 98.0 Å². The van der Waals surface area contributed by atoms with Gasteiger partial charge in [-0.15, -0.1) is 0 Å². The maximum Gasteiger partial charge on any atom is 0.254 e. The van der Waals surface area contributed by atoms with Crippen LogP contribution < -0.4 is 20.3 Å². The standard InChI is InChI=1S/C47H53ClFN13O4/c1-28(63)60-12-11-39-35(26-60)41(54-38-10-8-29(17-37(38)49)32-22-53-57(6)23-32)56-62(39)33-24-61(25-33)40(64)27-58-13-15-59(16-14-58)45-51-20-31(21-52-45)42(65)55-43-46(2,3)44(47(43,4)5)66-34-9-7-30(19-50)36(48)18-34/h7-10,17-18,20-23,33,43-44H,11-16,24-27H2,1-6H3,(H,54,56)(H,55,65). The second kappa shape index (κ2) is 17.3. The average Bonchev–Trinajstić information content (AvgIpc) is 3.87. The molecule has 3 aliphatic heterocycles. The van der Waals surface area contributed by atoms with Crippen molar-refractivity contribution in [3.63, 3.8) is 0 Å². The van der Waals surface area contributed by atoms with Crippen molar-refractivity contribution >= 4 is 46.8 Å². The lowest BCUT2D eigenvalue weighted by atomic mass is 9.49. The minimum absolute atomic E-state index is 0.0354. The molecule has 4 aliphatic rings. The maximum atomic E-state index is 15.5. The third kappa shape index (κ3) is 8.41. The molecule has 3 amide bonds. The largest absolute Gasteiger partial charge is 0.489 e. The first-order chi connectivity index (χ1) is 31.5. The van der Waals surface area contributed by atoms with Gasteiger partial charge in [-0.3, -0.25) is 28.6 Å². The number of halogens is 2. The number of nitrogens with one attached hydrogen (secondary N) is 2. The smallest absolute Gasteiger partial charge is 0.254 e. The number of aryl methyl sites for hydroxylation is 1. The number of piperazine rings is 1. The monoisotopic (exact) mass is 917 g/mol. The van der Waals surface area contributed by atoms with Gasteiger partial charge in [-0.2, -0.15) is 15.5 Å². The number of likely N-dealkylation sites (tertiary alicyclic amines) is 1. The summed E-state index contributed by atoms with van der Waals surface area (Å²) in [4.78, 5) is 56.3. The molecule has 19 heteroatoms. The number of hydrogen-bond acceptors (Lipinski definition) is 12. The molecule has 3 aromatic heterocycles. The highest BCUT2D eigenvalue weighted by atomic mass is 35.5. The number of hydrogen-bond donors (Lipinski definition) is 2. The summed E-state index contributed by atoms with van der Waals surface area (Å²) in [6.07, 6.45) is 6.99. The molecule has 2 saturated heterocycles. The number of nitrogens with zero attached hydrogens (tertiary/aromatic N) is 11. The third-order valence-electron chi connectivity index (χ3n) is 13.7. The van der Waals surface area contributed by atoms with E-state index in [1.54, 1.807) is 59.4 Å². The molecule has 66 heavy (non-hydrogen) atoms. The van der Waals surface area contributed by atoms with Crippen LogP contribution >= 0.6 is 11.6 Å². The van der Waals surface area contributed by atoms with E-state index in [2.05, 4.69) is 69.3 Å². The Morgan fingerprint density at radius 2 is 1.68 bits per heavy atom. The van der Waals surface area contributed by atoms with E-state index in [1.807, 2.05) is 28.9 Å². The van der Waals surface area contributed by atoms with Crippen LogP contribution in [0.3, 0.4) is 0 Å². The molecule has 6 heterocycles. The predicted octanol–water partition coefficient (Wildman–Crippen LogP) is 5.20. The van der Waals surface area contributed by atoms with Crippen molar-refractivity contribution in [1.29, 1.82) is 5.26 Å². The fourth-order valence-corrected chi connectivity index (χ4v) is 10.4. The molecule has 1 saturated carbocycles. The van der Waals surface area contributed by atoms with Gasteiger partial charge < -0.3 is 30.1 Å². The number of carbonyl (C=O) groups is 3. The normalized spacial score (nSPS) is 20.1. The van der Waals surface area contributed by atoms with Crippen LogP contribution in [0.2, 0.25) is 5.02 Å². The van der Waals surface area contributed by atoms with Crippen molar-refractivity contribution in [3.8, 4) is 22.9 Å². The molecule has 344 valence electrons. The SMILES string of the molecule is CC(=O)N1CCc2c(c(Nc3ccc(-c4cnn(C)c4)cc3F)nn2C2CN(C(=O)CN3CCN(c4ncc(C(=O)NC5C(C)(C)C(Oc6ccc(C#N)c(Cl)c6)C5(C)C)cn4)CC3)C2)C1. The molecule has 5 aromatic rings. The van der Waals surface area contributed by atoms with Crippen molar-refractivity contribution in [2.45, 2.75) is 65.8 Å². The van der Waals surface area contributed by atoms with E-state index >= 15 is 4.39 Å². The topological polar surface area (TPSA) is 183 Å². The van der Waals surface area contributed by atoms with Crippen molar-refractivity contribution in [2.75, 3.05) is 62.6 Å². The average molecular weight is 918 g/mol. The molecular weight excluding hydrogens is 865 g/mol. The fourth-order valence-electron chi connectivity index (χ4n) is 10.2. The number of nitriles is 1. The van der Waals surface area contributed by atoms with Gasteiger partial charge in [0.05, 0.1) is 47.2 Å². The second-order valence-corrected chi connectivity index (χ2v) is 19.3. The number of amides is 3. The molecule has 0 unspecified atom stereocenters. The molecule has 3 fully saturated rings. The Morgan fingerprint density at radius 1 is 0.955 bits per heavy atom. The molecule has 2 N–H and O–H groups in total. The van der Waals surface area contributed by atoms with Crippen LogP contribution in [-0.4, -0.2) is 126 Å². The summed E-state index contributed by atoms with van der Waals surface area (Å²) in [5, 5.41) is 25.1. The Bertz CT molecular complexity index is 2720. The first-order valence-corrected chi connectivity index (χ1v) is 22.5. The molecule has 0 radical (unpaired) electrons. The number of anilines is 3. The lowest BCUT2D eigenvalue weighted by Crippen LogP contribution is -2.74. The van der Waals surface area contributed by atoms with Crippen LogP contribution in [0.25, 0.3) is 11.1 Å². The highest BCUT2D eigenvalue weighted by Crippen LogP contribution is 2.55. The van der Waals surface area contributed by atoms with Crippen LogP contribution in [0, 0.1) is 28.0 Å². The van der Waals surface area contributed by atoms with Gasteiger partial charge >= 0.3 is 0 Å². The number of rotatable bonds is 11. The molecule has 0 spiro atoms. The molecule has 9 rings (SSSR count). The van der Waals surface area contributed by atoms with Crippen molar-refractivity contribution in [1.82, 2.24) is 49.5 Å². The zero-order valence-corrected chi connectivity index (χ0v) is 38.6. The number of benzene rings is 2. The van der Waals surface area contributed by atoms with E-state index in [4.69, 9.17) is 21.4 Å². The van der Waals surface area contributed by atoms with E-state index in [0.717, 1.165) is 16.8 Å². The van der Waals surface area contributed by atoms with Gasteiger partial charge in [-0.05, 0) is 29.8 Å². The third-order valence-corrected chi connectivity index (χ3v) is 14.0. The summed E-state index contributed by atoms with van der Waals surface area (Å²) in [7, 11) is 1.81. The highest BCUT2D eigenvalue weighted by molar-refractivity contribution is 6.31. The highest BCUT2D eigenvalue weighted by Gasteiger charge is 2.64. The van der Waals surface area contributed by atoms with Gasteiger partial charge in [0.2, 0.25) is 17.8 Å². The Balaban J connectivity index is 0.762. The van der Waals surface area contributed by atoms with Crippen molar-refractivity contribution in [3.05, 3.63) is 94.4 Å². The van der Waals surface area contributed by atoms with E-state index < -0.39 is 16.6 Å². The van der Waals surface area contributed by atoms with Gasteiger partial charge in [0.15, 0.2) is 5.82 Å². The van der Waals surface area contributed by atoms with Gasteiger partial charge in [-0.25, -0.2) is 14.4 Å². The summed E-state index contributed by atoms with van der Waals surface area (Å²) in [5.74, 6) is 0.894. The fraction of sp³-hybridized carbons (Fsp3) is 0.447. The Hall–Kier alpha value is -6.58. The number of carbonyl (C=O) groups excluding carboxylic acids is 3. The number of fused-ring (bicyclic) bond motifs is 1. The minimum atomic E-state index is -0.431. The minimum Gasteiger partial charge on any atom is -0.489 e. The van der Waals surface area contributed by atoms with Crippen LogP contribution in [0.4, 0.5) is 21.8 Å². The van der Waals surface area contributed by atoms with Gasteiger partial charge in [0, 0.05) is 125 Å². The quantitative estimate of drug-likeness (QED) is 0.177. The second-order valence-electron chi connectivity index (χ2n) is 18.9. The molecular formula is C47H53ClFN13O4. The first-order valence-electron chi connectivity index (χ1n) is 22.2. The molecule has 17 nitrogen and oxygen atoms in total. The lowest BCUT2D eigenvalue weighted by Gasteiger charge is -2.63. The predicted molar refractivity (Wildman–Crippen MR) is 245 cm³/mol. The first kappa shape index (κ1) is 44.6. The van der Waals surface area contributed by atoms with E-state index in [-0.39, 0.29) is 48.1 Å².